The average Bonchev–Trinajstić information content (AvgIpc) is 3.07. The Morgan fingerprint density at radius 1 is 1.37 bits per heavy atom. The fourth-order valence-electron chi connectivity index (χ4n) is 3.09. The molecular weight excluding hydrogens is 260 g/mol. The highest BCUT2D eigenvalue weighted by Gasteiger charge is 2.19. The number of nitrogens with zero attached hydrogens (tertiary/aromatic N) is 2. The largest absolute Gasteiger partial charge is 0.494 e. The lowest BCUT2D eigenvalue weighted by atomic mass is 10.1. The molecule has 4 heteroatoms. The van der Waals surface area contributed by atoms with E-state index in [1.165, 1.54) is 25.7 Å². The predicted molar refractivity (Wildman–Crippen MR) is 77.8 cm³/mol. The van der Waals surface area contributed by atoms with Gasteiger partial charge >= 0.3 is 0 Å². The maximum atomic E-state index is 6.06. The van der Waals surface area contributed by atoms with Gasteiger partial charge < -0.3 is 9.30 Å². The third-order valence-corrected chi connectivity index (χ3v) is 4.31. The summed E-state index contributed by atoms with van der Waals surface area (Å²) in [5.41, 5.74) is 2.07. The summed E-state index contributed by atoms with van der Waals surface area (Å²) < 4.78 is 7.67. The van der Waals surface area contributed by atoms with Crippen molar-refractivity contribution in [2.45, 2.75) is 38.1 Å². The van der Waals surface area contributed by atoms with Gasteiger partial charge in [-0.15, -0.1) is 11.6 Å². The lowest BCUT2D eigenvalue weighted by Crippen LogP contribution is -2.09. The van der Waals surface area contributed by atoms with E-state index in [4.69, 9.17) is 16.3 Å². The van der Waals surface area contributed by atoms with Gasteiger partial charge in [0.2, 0.25) is 0 Å². The van der Waals surface area contributed by atoms with Gasteiger partial charge in [0.15, 0.2) is 0 Å². The maximum absolute atomic E-state index is 6.06. The van der Waals surface area contributed by atoms with Crippen molar-refractivity contribution in [2.75, 3.05) is 7.11 Å². The number of alkyl halides is 1. The van der Waals surface area contributed by atoms with Crippen molar-refractivity contribution in [1.29, 1.82) is 0 Å². The number of aromatic nitrogens is 2. The fourth-order valence-corrected chi connectivity index (χ4v) is 3.30. The second-order valence-corrected chi connectivity index (χ2v) is 5.52. The van der Waals surface area contributed by atoms with Crippen molar-refractivity contribution in [3.05, 3.63) is 24.0 Å². The van der Waals surface area contributed by atoms with E-state index in [9.17, 15) is 0 Å². The lowest BCUT2D eigenvalue weighted by Gasteiger charge is -2.13. The molecule has 2 aromatic rings. The minimum absolute atomic E-state index is 0.449. The van der Waals surface area contributed by atoms with E-state index in [1.807, 2.05) is 12.1 Å². The number of benzene rings is 1. The monoisotopic (exact) mass is 278 g/mol. The Morgan fingerprint density at radius 2 is 2.16 bits per heavy atom. The summed E-state index contributed by atoms with van der Waals surface area (Å²) in [6, 6.07) is 6.08. The Balaban J connectivity index is 2.05. The van der Waals surface area contributed by atoms with Gasteiger partial charge in [-0.05, 0) is 30.9 Å². The van der Waals surface area contributed by atoms with E-state index in [1.54, 1.807) is 7.11 Å². The summed E-state index contributed by atoms with van der Waals surface area (Å²) in [5.74, 6) is 3.00. The molecule has 1 aliphatic rings. The summed E-state index contributed by atoms with van der Waals surface area (Å²) >= 11 is 6.06. The minimum atomic E-state index is 0.449. The van der Waals surface area contributed by atoms with Gasteiger partial charge in [0.05, 0.1) is 18.5 Å². The summed E-state index contributed by atoms with van der Waals surface area (Å²) in [6.45, 7) is 1.03. The van der Waals surface area contributed by atoms with Crippen LogP contribution < -0.4 is 4.74 Å². The summed E-state index contributed by atoms with van der Waals surface area (Å²) in [5, 5.41) is 0. The third kappa shape index (κ3) is 2.32. The van der Waals surface area contributed by atoms with Crippen molar-refractivity contribution >= 4 is 22.6 Å². The molecule has 1 saturated carbocycles. The molecule has 0 unspecified atom stereocenters. The number of hydrogen-bond acceptors (Lipinski definition) is 2. The van der Waals surface area contributed by atoms with Crippen molar-refractivity contribution < 1.29 is 4.74 Å². The Labute approximate surface area is 118 Å². The molecule has 1 fully saturated rings. The van der Waals surface area contributed by atoms with Gasteiger partial charge in [0.25, 0.3) is 0 Å². The van der Waals surface area contributed by atoms with Gasteiger partial charge in [0, 0.05) is 6.54 Å². The van der Waals surface area contributed by atoms with Crippen LogP contribution in [0.3, 0.4) is 0 Å². The fraction of sp³-hybridized carbons (Fsp3) is 0.533. The van der Waals surface area contributed by atoms with Crippen molar-refractivity contribution in [1.82, 2.24) is 9.55 Å². The first-order valence-electron chi connectivity index (χ1n) is 6.91. The average molecular weight is 279 g/mol. The molecule has 3 rings (SSSR count). The van der Waals surface area contributed by atoms with Gasteiger partial charge in [-0.3, -0.25) is 0 Å². The Bertz CT molecular complexity index is 573. The molecule has 0 saturated heterocycles. The van der Waals surface area contributed by atoms with E-state index >= 15 is 0 Å². The van der Waals surface area contributed by atoms with Crippen LogP contribution >= 0.6 is 11.6 Å². The molecule has 0 amide bonds. The summed E-state index contributed by atoms with van der Waals surface area (Å²) in [4.78, 5) is 4.65. The molecule has 1 aromatic heterocycles. The van der Waals surface area contributed by atoms with E-state index in [0.717, 1.165) is 35.1 Å². The number of imidazole rings is 1. The Morgan fingerprint density at radius 3 is 2.84 bits per heavy atom. The second-order valence-electron chi connectivity index (χ2n) is 5.25. The summed E-state index contributed by atoms with van der Waals surface area (Å²) in [7, 11) is 1.69. The molecule has 1 aliphatic carbocycles. The van der Waals surface area contributed by atoms with Crippen molar-refractivity contribution in [3.63, 3.8) is 0 Å². The third-order valence-electron chi connectivity index (χ3n) is 4.08. The molecule has 0 spiro atoms. The number of fused-ring (bicyclic) bond motifs is 1. The van der Waals surface area contributed by atoms with Crippen LogP contribution in [-0.2, 0) is 12.4 Å². The number of rotatable bonds is 4. The SMILES string of the molecule is COc1cccc2c1nc(CCl)n2CC1CCCC1. The normalized spacial score (nSPS) is 16.3. The highest BCUT2D eigenvalue weighted by atomic mass is 35.5. The zero-order valence-corrected chi connectivity index (χ0v) is 12.0. The standard InChI is InChI=1S/C15H19ClN2O/c1-19-13-8-4-7-12-15(13)17-14(9-16)18(12)10-11-5-2-3-6-11/h4,7-8,11H,2-3,5-6,9-10H2,1H3. The number of halogens is 1. The first-order chi connectivity index (χ1) is 9.33. The van der Waals surface area contributed by atoms with Crippen LogP contribution in [0.5, 0.6) is 5.75 Å². The van der Waals surface area contributed by atoms with Crippen molar-refractivity contribution in [3.8, 4) is 5.75 Å². The lowest BCUT2D eigenvalue weighted by molar-refractivity contribution is 0.419. The van der Waals surface area contributed by atoms with Crippen molar-refractivity contribution in [2.24, 2.45) is 5.92 Å². The number of hydrogen-bond donors (Lipinski definition) is 0. The smallest absolute Gasteiger partial charge is 0.146 e. The van der Waals surface area contributed by atoms with Crippen LogP contribution in [0.4, 0.5) is 0 Å². The van der Waals surface area contributed by atoms with Gasteiger partial charge in [-0.1, -0.05) is 18.9 Å². The molecule has 0 radical (unpaired) electrons. The minimum Gasteiger partial charge on any atom is -0.494 e. The first-order valence-corrected chi connectivity index (χ1v) is 7.45. The molecule has 102 valence electrons. The zero-order valence-electron chi connectivity index (χ0n) is 11.2. The van der Waals surface area contributed by atoms with E-state index < -0.39 is 0 Å². The van der Waals surface area contributed by atoms with Gasteiger partial charge in [-0.2, -0.15) is 0 Å². The van der Waals surface area contributed by atoms with E-state index in [0.29, 0.717) is 5.88 Å². The quantitative estimate of drug-likeness (QED) is 0.791. The molecule has 0 atom stereocenters. The summed E-state index contributed by atoms with van der Waals surface area (Å²) in [6.07, 6.45) is 5.37. The van der Waals surface area contributed by atoms with E-state index in [-0.39, 0.29) is 0 Å². The van der Waals surface area contributed by atoms with Gasteiger partial charge in [0.1, 0.15) is 17.1 Å². The molecule has 0 aliphatic heterocycles. The molecule has 0 bridgehead atoms. The number of para-hydroxylation sites is 1. The zero-order chi connectivity index (χ0) is 13.2. The molecule has 3 nitrogen and oxygen atoms in total. The van der Waals surface area contributed by atoms with Crippen LogP contribution in [0.25, 0.3) is 11.0 Å². The molecule has 1 aromatic carbocycles. The first kappa shape index (κ1) is 12.8. The molecule has 0 N–H and O–H groups in total. The maximum Gasteiger partial charge on any atom is 0.146 e. The Kier molecular flexibility index (Phi) is 3.65. The molecule has 1 heterocycles. The highest BCUT2D eigenvalue weighted by Crippen LogP contribution is 2.31. The number of ether oxygens (including phenoxy) is 1. The van der Waals surface area contributed by atoms with Crippen LogP contribution in [0.1, 0.15) is 31.5 Å². The van der Waals surface area contributed by atoms with Crippen LogP contribution in [-0.4, -0.2) is 16.7 Å². The molecule has 19 heavy (non-hydrogen) atoms. The second kappa shape index (κ2) is 5.41. The van der Waals surface area contributed by atoms with Crippen LogP contribution in [0.15, 0.2) is 18.2 Å². The predicted octanol–water partition coefficient (Wildman–Crippen LogP) is 3.97. The molecular formula is C15H19ClN2O. The van der Waals surface area contributed by atoms with E-state index in [2.05, 4.69) is 15.6 Å². The number of methoxy groups -OCH3 is 1. The van der Waals surface area contributed by atoms with Crippen LogP contribution in [0, 0.1) is 5.92 Å². The topological polar surface area (TPSA) is 27.1 Å². The Hall–Kier alpha value is -1.22. The van der Waals surface area contributed by atoms with Crippen LogP contribution in [0.2, 0.25) is 0 Å². The van der Waals surface area contributed by atoms with Gasteiger partial charge in [-0.25, -0.2) is 4.98 Å². The highest BCUT2D eigenvalue weighted by molar-refractivity contribution is 6.16.